The van der Waals surface area contributed by atoms with Gasteiger partial charge in [-0.15, -0.1) is 5.10 Å². The van der Waals surface area contributed by atoms with E-state index in [1.54, 1.807) is 24.2 Å². The number of rotatable bonds is 8. The van der Waals surface area contributed by atoms with Gasteiger partial charge in [-0.05, 0) is 55.7 Å². The molecule has 9 nitrogen and oxygen atoms in total. The van der Waals surface area contributed by atoms with Crippen LogP contribution in [0.25, 0.3) is 28.0 Å². The molecule has 0 aliphatic heterocycles. The summed E-state index contributed by atoms with van der Waals surface area (Å²) in [6.07, 6.45) is 6.37. The van der Waals surface area contributed by atoms with E-state index < -0.39 is 0 Å². The van der Waals surface area contributed by atoms with E-state index in [4.69, 9.17) is 14.8 Å². The molecule has 1 aromatic carbocycles. The molecular weight excluding hydrogens is 466 g/mol. The zero-order valence-corrected chi connectivity index (χ0v) is 21.4. The summed E-state index contributed by atoms with van der Waals surface area (Å²) in [5, 5.41) is 13.2. The summed E-state index contributed by atoms with van der Waals surface area (Å²) >= 11 is 0. The van der Waals surface area contributed by atoms with Crippen molar-refractivity contribution in [1.82, 2.24) is 34.8 Å². The Kier molecular flexibility index (Phi) is 6.68. The van der Waals surface area contributed by atoms with Gasteiger partial charge in [-0.3, -0.25) is 9.78 Å². The molecule has 0 atom stereocenters. The zero-order chi connectivity index (χ0) is 25.9. The lowest BCUT2D eigenvalue weighted by molar-refractivity contribution is -0.121. The van der Waals surface area contributed by atoms with Gasteiger partial charge in [0, 0.05) is 55.4 Å². The highest BCUT2D eigenvalue weighted by Crippen LogP contribution is 2.30. The standard InChI is InChI=1S/C28H29N7O2/c1-18-23(19(2)31-27-25(18)28(37-4)33-34(27)3)10-11-24(36)30-16-21-17-35(22-8-6-5-7-9-22)32-26(21)20-12-14-29-15-13-20/h5-9,12-15,17H,10-11,16H2,1-4H3,(H,30,36). The zero-order valence-electron chi connectivity index (χ0n) is 21.4. The summed E-state index contributed by atoms with van der Waals surface area (Å²) in [4.78, 5) is 21.8. The van der Waals surface area contributed by atoms with Gasteiger partial charge in [0.2, 0.25) is 11.8 Å². The van der Waals surface area contributed by atoms with Gasteiger partial charge in [0.1, 0.15) is 0 Å². The third-order valence-electron chi connectivity index (χ3n) is 6.56. The van der Waals surface area contributed by atoms with Crippen molar-refractivity contribution in [3.63, 3.8) is 0 Å². The molecule has 188 valence electrons. The number of para-hydroxylation sites is 1. The molecule has 0 saturated heterocycles. The maximum Gasteiger partial charge on any atom is 0.242 e. The molecule has 1 amide bonds. The van der Waals surface area contributed by atoms with Gasteiger partial charge in [0.05, 0.1) is 23.9 Å². The molecule has 1 N–H and O–H groups in total. The van der Waals surface area contributed by atoms with E-state index in [9.17, 15) is 4.79 Å². The number of carbonyl (C=O) groups excluding carboxylic acids is 1. The lowest BCUT2D eigenvalue weighted by Crippen LogP contribution is -2.23. The number of aryl methyl sites for hydroxylation is 3. The van der Waals surface area contributed by atoms with Crippen LogP contribution in [0.2, 0.25) is 0 Å². The second kappa shape index (κ2) is 10.2. The van der Waals surface area contributed by atoms with Crippen LogP contribution in [-0.4, -0.2) is 42.5 Å². The van der Waals surface area contributed by atoms with Crippen LogP contribution >= 0.6 is 0 Å². The van der Waals surface area contributed by atoms with Gasteiger partial charge >= 0.3 is 0 Å². The first-order chi connectivity index (χ1) is 18.0. The Balaban J connectivity index is 1.33. The van der Waals surface area contributed by atoms with E-state index in [2.05, 4.69) is 15.4 Å². The average molecular weight is 496 g/mol. The fraction of sp³-hybridized carbons (Fsp3) is 0.250. The molecule has 5 rings (SSSR count). The number of methoxy groups -OCH3 is 1. The third-order valence-corrected chi connectivity index (χ3v) is 6.56. The van der Waals surface area contributed by atoms with Crippen LogP contribution in [0.3, 0.4) is 0 Å². The summed E-state index contributed by atoms with van der Waals surface area (Å²) in [6.45, 7) is 4.38. The minimum atomic E-state index is -0.0369. The van der Waals surface area contributed by atoms with Crippen molar-refractivity contribution < 1.29 is 9.53 Å². The molecule has 0 spiro atoms. The number of nitrogens with one attached hydrogen (secondary N) is 1. The predicted molar refractivity (Wildman–Crippen MR) is 141 cm³/mol. The summed E-state index contributed by atoms with van der Waals surface area (Å²) in [5.41, 5.74) is 7.41. The Morgan fingerprint density at radius 2 is 1.81 bits per heavy atom. The van der Waals surface area contributed by atoms with E-state index in [0.29, 0.717) is 25.3 Å². The van der Waals surface area contributed by atoms with Crippen molar-refractivity contribution >= 4 is 16.9 Å². The Labute approximate surface area is 215 Å². The molecule has 4 aromatic heterocycles. The van der Waals surface area contributed by atoms with Gasteiger partial charge < -0.3 is 10.1 Å². The minimum Gasteiger partial charge on any atom is -0.479 e. The smallest absolute Gasteiger partial charge is 0.242 e. The molecule has 0 saturated carbocycles. The second-order valence-electron chi connectivity index (χ2n) is 8.93. The number of amides is 1. The number of hydrogen-bond donors (Lipinski definition) is 1. The van der Waals surface area contributed by atoms with Crippen LogP contribution < -0.4 is 10.1 Å². The second-order valence-corrected chi connectivity index (χ2v) is 8.93. The molecular formula is C28H29N7O2. The molecule has 9 heteroatoms. The summed E-state index contributed by atoms with van der Waals surface area (Å²) < 4.78 is 9.02. The minimum absolute atomic E-state index is 0.0369. The molecule has 0 fully saturated rings. The van der Waals surface area contributed by atoms with Gasteiger partial charge in [-0.2, -0.15) is 5.10 Å². The molecule has 0 unspecified atom stereocenters. The Hall–Kier alpha value is -4.53. The maximum absolute atomic E-state index is 12.9. The number of pyridine rings is 2. The predicted octanol–water partition coefficient (Wildman–Crippen LogP) is 4.09. The van der Waals surface area contributed by atoms with E-state index >= 15 is 0 Å². The summed E-state index contributed by atoms with van der Waals surface area (Å²) in [7, 11) is 3.46. The molecule has 4 heterocycles. The maximum atomic E-state index is 12.9. The molecule has 0 radical (unpaired) electrons. The van der Waals surface area contributed by atoms with Crippen molar-refractivity contribution in [2.24, 2.45) is 7.05 Å². The molecule has 0 aliphatic carbocycles. The Bertz CT molecular complexity index is 1560. The monoisotopic (exact) mass is 495 g/mol. The highest BCUT2D eigenvalue weighted by molar-refractivity contribution is 5.86. The molecule has 0 bridgehead atoms. The van der Waals surface area contributed by atoms with Crippen LogP contribution in [-0.2, 0) is 24.8 Å². The first-order valence-corrected chi connectivity index (χ1v) is 12.1. The number of ether oxygens (including phenoxy) is 1. The van der Waals surface area contributed by atoms with Crippen molar-refractivity contribution in [2.45, 2.75) is 33.2 Å². The first-order valence-electron chi connectivity index (χ1n) is 12.1. The van der Waals surface area contributed by atoms with E-state index in [1.165, 1.54) is 0 Å². The van der Waals surface area contributed by atoms with Crippen LogP contribution in [0.5, 0.6) is 5.88 Å². The number of hydrogen-bond acceptors (Lipinski definition) is 6. The van der Waals surface area contributed by atoms with Crippen LogP contribution in [0.1, 0.15) is 28.8 Å². The number of nitrogens with zero attached hydrogens (tertiary/aromatic N) is 6. The Morgan fingerprint density at radius 3 is 2.54 bits per heavy atom. The van der Waals surface area contributed by atoms with Crippen LogP contribution in [0.15, 0.2) is 61.1 Å². The van der Waals surface area contributed by atoms with E-state index in [-0.39, 0.29) is 5.91 Å². The summed E-state index contributed by atoms with van der Waals surface area (Å²) in [5.74, 6) is 0.512. The van der Waals surface area contributed by atoms with Gasteiger partial charge in [-0.25, -0.2) is 14.3 Å². The van der Waals surface area contributed by atoms with Crippen molar-refractivity contribution in [3.8, 4) is 22.8 Å². The molecule has 5 aromatic rings. The van der Waals surface area contributed by atoms with Gasteiger partial charge in [0.25, 0.3) is 0 Å². The Morgan fingerprint density at radius 1 is 1.05 bits per heavy atom. The first kappa shape index (κ1) is 24.2. The summed E-state index contributed by atoms with van der Waals surface area (Å²) in [6, 6.07) is 13.8. The quantitative estimate of drug-likeness (QED) is 0.348. The van der Waals surface area contributed by atoms with Gasteiger partial charge in [-0.1, -0.05) is 18.2 Å². The van der Waals surface area contributed by atoms with E-state index in [0.717, 1.165) is 50.4 Å². The third kappa shape index (κ3) is 4.80. The fourth-order valence-electron chi connectivity index (χ4n) is 4.63. The number of fused-ring (bicyclic) bond motifs is 1. The van der Waals surface area contributed by atoms with Crippen molar-refractivity contribution in [3.05, 3.63) is 83.4 Å². The molecule has 37 heavy (non-hydrogen) atoms. The molecule has 0 aliphatic rings. The average Bonchev–Trinajstić information content (AvgIpc) is 3.49. The van der Waals surface area contributed by atoms with E-state index in [1.807, 2.05) is 74.2 Å². The van der Waals surface area contributed by atoms with Crippen molar-refractivity contribution in [2.75, 3.05) is 7.11 Å². The largest absolute Gasteiger partial charge is 0.479 e. The topological polar surface area (TPSA) is 99.8 Å². The highest BCUT2D eigenvalue weighted by Gasteiger charge is 2.19. The fourth-order valence-corrected chi connectivity index (χ4v) is 4.63. The van der Waals surface area contributed by atoms with Crippen molar-refractivity contribution in [1.29, 1.82) is 0 Å². The highest BCUT2D eigenvalue weighted by atomic mass is 16.5. The lowest BCUT2D eigenvalue weighted by atomic mass is 10.00. The number of carbonyl (C=O) groups is 1. The number of aromatic nitrogens is 6. The van der Waals surface area contributed by atoms with Crippen LogP contribution in [0.4, 0.5) is 0 Å². The lowest BCUT2D eigenvalue weighted by Gasteiger charge is -2.11. The number of benzene rings is 1. The van der Waals surface area contributed by atoms with Gasteiger partial charge in [0.15, 0.2) is 5.65 Å². The normalized spacial score (nSPS) is 11.1. The van der Waals surface area contributed by atoms with Crippen LogP contribution in [0, 0.1) is 13.8 Å². The SMILES string of the molecule is COc1nn(C)c2nc(C)c(CCC(=O)NCc3cn(-c4ccccc4)nc3-c3ccncc3)c(C)c12.